The molecule has 1 aromatic rings. The highest BCUT2D eigenvalue weighted by atomic mass is 16.2. The number of likely N-dealkylation sites (N-methyl/N-ethyl adjacent to an activating group) is 1. The molecule has 1 unspecified atom stereocenters. The van der Waals surface area contributed by atoms with E-state index in [1.165, 1.54) is 0 Å². The lowest BCUT2D eigenvalue weighted by molar-refractivity contribution is -0.129. The molecule has 1 aromatic heterocycles. The predicted molar refractivity (Wildman–Crippen MR) is 64.4 cm³/mol. The maximum Gasteiger partial charge on any atom is 0.244 e. The molecule has 1 amide bonds. The molecule has 1 heterocycles. The Hall–Kier alpha value is -1.52. The Bertz CT molecular complexity index is 370. The number of nitrogens with one attached hydrogen (secondary N) is 1. The van der Waals surface area contributed by atoms with Gasteiger partial charge >= 0.3 is 0 Å². The second-order valence-corrected chi connectivity index (χ2v) is 4.12. The van der Waals surface area contributed by atoms with Crippen molar-refractivity contribution in [1.82, 2.24) is 14.7 Å². The number of hydrogen-bond acceptors (Lipinski definition) is 3. The van der Waals surface area contributed by atoms with Crippen LogP contribution in [0.15, 0.2) is 6.20 Å². The summed E-state index contributed by atoms with van der Waals surface area (Å²) in [6, 6.07) is -0.232. The maximum atomic E-state index is 11.7. The fourth-order valence-electron chi connectivity index (χ4n) is 1.60. The normalized spacial score (nSPS) is 12.3. The van der Waals surface area contributed by atoms with Crippen LogP contribution in [-0.2, 0) is 18.3 Å². The molecule has 5 nitrogen and oxygen atoms in total. The summed E-state index contributed by atoms with van der Waals surface area (Å²) in [5.74, 6) is 0.0610. The molecule has 0 radical (unpaired) electrons. The van der Waals surface area contributed by atoms with Gasteiger partial charge in [0, 0.05) is 27.3 Å². The van der Waals surface area contributed by atoms with E-state index in [2.05, 4.69) is 10.4 Å². The lowest BCUT2D eigenvalue weighted by atomic mass is 10.2. The number of anilines is 1. The fourth-order valence-corrected chi connectivity index (χ4v) is 1.60. The first-order valence-corrected chi connectivity index (χ1v) is 5.46. The monoisotopic (exact) mass is 224 g/mol. The third-order valence-corrected chi connectivity index (χ3v) is 2.42. The molecular weight excluding hydrogens is 204 g/mol. The van der Waals surface area contributed by atoms with E-state index in [0.29, 0.717) is 0 Å². The molecule has 5 heteroatoms. The number of nitrogens with zero attached hydrogens (tertiary/aromatic N) is 3. The molecule has 1 atom stereocenters. The Morgan fingerprint density at radius 1 is 1.62 bits per heavy atom. The summed E-state index contributed by atoms with van der Waals surface area (Å²) in [5, 5.41) is 7.50. The lowest BCUT2D eigenvalue weighted by Gasteiger charge is -2.18. The summed E-state index contributed by atoms with van der Waals surface area (Å²) in [6.45, 7) is 3.90. The number of carbonyl (C=O) groups is 1. The lowest BCUT2D eigenvalue weighted by Crippen LogP contribution is -2.36. The van der Waals surface area contributed by atoms with Gasteiger partial charge in [0.2, 0.25) is 5.91 Å². The van der Waals surface area contributed by atoms with Crippen LogP contribution in [-0.4, -0.2) is 40.7 Å². The zero-order chi connectivity index (χ0) is 12.3. The van der Waals surface area contributed by atoms with Crippen molar-refractivity contribution in [1.29, 1.82) is 0 Å². The highest BCUT2D eigenvalue weighted by Gasteiger charge is 2.16. The number of rotatable bonds is 4. The van der Waals surface area contributed by atoms with E-state index in [-0.39, 0.29) is 11.9 Å². The van der Waals surface area contributed by atoms with Gasteiger partial charge in [-0.2, -0.15) is 5.10 Å². The van der Waals surface area contributed by atoms with Crippen LogP contribution in [0.5, 0.6) is 0 Å². The van der Waals surface area contributed by atoms with Crippen molar-refractivity contribution in [3.8, 4) is 0 Å². The van der Waals surface area contributed by atoms with Gasteiger partial charge in [-0.05, 0) is 13.3 Å². The van der Waals surface area contributed by atoms with Crippen molar-refractivity contribution >= 4 is 11.6 Å². The number of carbonyl (C=O) groups excluding carboxylic acids is 1. The van der Waals surface area contributed by atoms with Crippen molar-refractivity contribution in [3.63, 3.8) is 0 Å². The zero-order valence-electron chi connectivity index (χ0n) is 10.6. The molecule has 0 aliphatic rings. The Labute approximate surface area is 96.4 Å². The minimum absolute atomic E-state index is 0.0610. The number of aryl methyl sites for hydroxylation is 2. The Kier molecular flexibility index (Phi) is 3.93. The third kappa shape index (κ3) is 2.74. The molecule has 0 spiro atoms. The molecule has 0 aromatic carbocycles. The van der Waals surface area contributed by atoms with Crippen LogP contribution < -0.4 is 5.32 Å². The van der Waals surface area contributed by atoms with E-state index < -0.39 is 0 Å². The van der Waals surface area contributed by atoms with Gasteiger partial charge in [0.25, 0.3) is 0 Å². The Morgan fingerprint density at radius 3 is 2.75 bits per heavy atom. The van der Waals surface area contributed by atoms with Gasteiger partial charge in [0.05, 0.1) is 11.4 Å². The first kappa shape index (κ1) is 12.5. The summed E-state index contributed by atoms with van der Waals surface area (Å²) in [6.07, 6.45) is 2.75. The average Bonchev–Trinajstić information content (AvgIpc) is 2.57. The number of aromatic nitrogens is 2. The highest BCUT2D eigenvalue weighted by Crippen LogP contribution is 2.15. The highest BCUT2D eigenvalue weighted by molar-refractivity contribution is 5.83. The van der Waals surface area contributed by atoms with E-state index in [1.54, 1.807) is 23.7 Å². The largest absolute Gasteiger partial charge is 0.371 e. The first-order chi connectivity index (χ1) is 7.45. The summed E-state index contributed by atoms with van der Waals surface area (Å²) in [5.41, 5.74) is 1.92. The second-order valence-electron chi connectivity index (χ2n) is 4.12. The minimum Gasteiger partial charge on any atom is -0.371 e. The molecular formula is C11H20N4O. The minimum atomic E-state index is -0.232. The molecule has 1 rings (SSSR count). The predicted octanol–water partition coefficient (Wildman–Crippen LogP) is 0.871. The van der Waals surface area contributed by atoms with E-state index in [1.807, 2.05) is 27.1 Å². The first-order valence-electron chi connectivity index (χ1n) is 5.46. The van der Waals surface area contributed by atoms with Crippen molar-refractivity contribution in [2.45, 2.75) is 26.3 Å². The molecule has 90 valence electrons. The zero-order valence-corrected chi connectivity index (χ0v) is 10.6. The standard InChI is InChI=1S/C11H20N4O/c1-6-9-10(7-15(5)13-9)12-8(2)11(16)14(3)4/h7-8,12H,6H2,1-5H3. The molecule has 0 saturated heterocycles. The van der Waals surface area contributed by atoms with E-state index in [4.69, 9.17) is 0 Å². The summed E-state index contributed by atoms with van der Waals surface area (Å²) < 4.78 is 1.76. The van der Waals surface area contributed by atoms with Crippen LogP contribution in [0.2, 0.25) is 0 Å². The van der Waals surface area contributed by atoms with Gasteiger partial charge in [0.15, 0.2) is 0 Å². The molecule has 0 bridgehead atoms. The van der Waals surface area contributed by atoms with Crippen LogP contribution in [0.4, 0.5) is 5.69 Å². The van der Waals surface area contributed by atoms with Gasteiger partial charge in [-0.15, -0.1) is 0 Å². The van der Waals surface area contributed by atoms with E-state index in [0.717, 1.165) is 17.8 Å². The maximum absolute atomic E-state index is 11.7. The van der Waals surface area contributed by atoms with Gasteiger partial charge in [0.1, 0.15) is 6.04 Å². The van der Waals surface area contributed by atoms with Crippen molar-refractivity contribution < 1.29 is 4.79 Å². The SMILES string of the molecule is CCc1nn(C)cc1NC(C)C(=O)N(C)C. The van der Waals surface area contributed by atoms with Crippen LogP contribution in [0.25, 0.3) is 0 Å². The van der Waals surface area contributed by atoms with Crippen LogP contribution in [0.1, 0.15) is 19.5 Å². The van der Waals surface area contributed by atoms with Gasteiger partial charge in [-0.1, -0.05) is 6.92 Å². The quantitative estimate of drug-likeness (QED) is 0.825. The summed E-state index contributed by atoms with van der Waals surface area (Å²) in [7, 11) is 5.39. The number of hydrogen-bond donors (Lipinski definition) is 1. The topological polar surface area (TPSA) is 50.2 Å². The third-order valence-electron chi connectivity index (χ3n) is 2.42. The van der Waals surface area contributed by atoms with Crippen molar-refractivity contribution in [2.24, 2.45) is 7.05 Å². The van der Waals surface area contributed by atoms with E-state index >= 15 is 0 Å². The molecule has 16 heavy (non-hydrogen) atoms. The summed E-state index contributed by atoms with van der Waals surface area (Å²) in [4.78, 5) is 13.3. The smallest absolute Gasteiger partial charge is 0.244 e. The van der Waals surface area contributed by atoms with Crippen molar-refractivity contribution in [2.75, 3.05) is 19.4 Å². The molecule has 0 aliphatic carbocycles. The van der Waals surface area contributed by atoms with Gasteiger partial charge in [-0.3, -0.25) is 9.48 Å². The molecule has 0 fully saturated rings. The van der Waals surface area contributed by atoms with Crippen LogP contribution in [0, 0.1) is 0 Å². The average molecular weight is 224 g/mol. The van der Waals surface area contributed by atoms with Gasteiger partial charge in [-0.25, -0.2) is 0 Å². The second kappa shape index (κ2) is 5.01. The van der Waals surface area contributed by atoms with Gasteiger partial charge < -0.3 is 10.2 Å². The Morgan fingerprint density at radius 2 is 2.25 bits per heavy atom. The molecule has 0 saturated carbocycles. The van der Waals surface area contributed by atoms with Crippen LogP contribution in [0.3, 0.4) is 0 Å². The van der Waals surface area contributed by atoms with E-state index in [9.17, 15) is 4.79 Å². The van der Waals surface area contributed by atoms with Crippen molar-refractivity contribution in [3.05, 3.63) is 11.9 Å². The Balaban J connectivity index is 2.76. The summed E-state index contributed by atoms with van der Waals surface area (Å²) >= 11 is 0. The molecule has 1 N–H and O–H groups in total. The molecule has 0 aliphatic heterocycles. The number of amides is 1. The van der Waals surface area contributed by atoms with Crippen LogP contribution >= 0.6 is 0 Å². The fraction of sp³-hybridized carbons (Fsp3) is 0.636.